The summed E-state index contributed by atoms with van der Waals surface area (Å²) in [4.78, 5) is 98.7. The lowest BCUT2D eigenvalue weighted by Gasteiger charge is -2.17. The average Bonchev–Trinajstić information content (AvgIpc) is 3.77. The molecule has 0 bridgehead atoms. The second-order valence-corrected chi connectivity index (χ2v) is 18.0. The average molecular weight is 1140 g/mol. The normalized spacial score (nSPS) is 12.6. The standard InChI is InChI=1S/C52H70Cl2N6O18/c1-36-47(50(66)59(3)52(69)58(36)2)38-7-5-37(6-8-38)33-42(51(67)68)57-49(65)48-40(53)34-39(35-41(48)54)78-16-4-13-55-44(62)12-17-70-19-21-72-23-25-74-27-29-76-31-32-77-30-28-75-26-24-73-22-20-71-18-14-56-43(61)11-15-60-45(63)9-10-46(60)64/h5-10,34-35,42H,4,11-33H2,1-3H3,(H,55,62)(H,56,61)(H,57,65)(H,67,68). The predicted octanol–water partition coefficient (Wildman–Crippen LogP) is 1.63. The molecule has 0 radical (unpaired) electrons. The number of hydrogen-bond acceptors (Lipinski definition) is 17. The summed E-state index contributed by atoms with van der Waals surface area (Å²) in [6.45, 7) is 8.49. The van der Waals surface area contributed by atoms with Crippen molar-refractivity contribution in [1.29, 1.82) is 0 Å². The van der Waals surface area contributed by atoms with Crippen molar-refractivity contribution in [3.05, 3.63) is 96.3 Å². The third kappa shape index (κ3) is 23.1. The van der Waals surface area contributed by atoms with E-state index in [2.05, 4.69) is 16.0 Å². The number of amides is 5. The minimum Gasteiger partial charge on any atom is -0.493 e. The zero-order chi connectivity index (χ0) is 56.7. The zero-order valence-corrected chi connectivity index (χ0v) is 45.7. The lowest BCUT2D eigenvalue weighted by Crippen LogP contribution is -2.42. The SMILES string of the molecule is Cc1c(-c2ccc(CC(NC(=O)c3c(Cl)cc(OCCCNC(=O)CCOCCOCCOCCOCCOCCOCCOCCOCCNC(=O)CCN4C(=O)C=CC4=O)cc3Cl)C(=O)O)cc2)c(=O)n(C)c(=O)n1C. The zero-order valence-electron chi connectivity index (χ0n) is 44.2. The highest BCUT2D eigenvalue weighted by Gasteiger charge is 2.26. The monoisotopic (exact) mass is 1140 g/mol. The summed E-state index contributed by atoms with van der Waals surface area (Å²) in [6.07, 6.45) is 2.91. The number of carbonyl (C=O) groups is 6. The van der Waals surface area contributed by atoms with Gasteiger partial charge in [-0.2, -0.15) is 0 Å². The molecule has 0 fully saturated rings. The summed E-state index contributed by atoms with van der Waals surface area (Å²) in [5.41, 5.74) is 0.880. The van der Waals surface area contributed by atoms with Crippen LogP contribution in [0.3, 0.4) is 0 Å². The van der Waals surface area contributed by atoms with Gasteiger partial charge in [-0.1, -0.05) is 47.5 Å². The maximum atomic E-state index is 13.2. The van der Waals surface area contributed by atoms with E-state index in [0.29, 0.717) is 141 Å². The van der Waals surface area contributed by atoms with Crippen LogP contribution in [0.1, 0.15) is 40.9 Å². The van der Waals surface area contributed by atoms with Crippen molar-refractivity contribution < 1.29 is 76.5 Å². The first kappa shape index (κ1) is 64.5. The molecule has 26 heteroatoms. The topological polar surface area (TPSA) is 289 Å². The van der Waals surface area contributed by atoms with Crippen molar-refractivity contribution in [2.45, 2.75) is 38.6 Å². The summed E-state index contributed by atoms with van der Waals surface area (Å²) in [7, 11) is 2.96. The smallest absolute Gasteiger partial charge is 0.330 e. The lowest BCUT2D eigenvalue weighted by atomic mass is 10.00. The third-order valence-electron chi connectivity index (χ3n) is 11.5. The Kier molecular flexibility index (Phi) is 29.9. The maximum absolute atomic E-state index is 13.2. The molecule has 1 aromatic heterocycles. The Morgan fingerprint density at radius 1 is 0.603 bits per heavy atom. The van der Waals surface area contributed by atoms with E-state index < -0.39 is 41.0 Å². The van der Waals surface area contributed by atoms with E-state index in [9.17, 15) is 43.5 Å². The molecule has 4 rings (SSSR count). The minimum absolute atomic E-state index is 0.0308. The van der Waals surface area contributed by atoms with Crippen LogP contribution >= 0.6 is 23.2 Å². The fourth-order valence-electron chi connectivity index (χ4n) is 7.20. The van der Waals surface area contributed by atoms with Crippen LogP contribution in [0.5, 0.6) is 5.75 Å². The first-order chi connectivity index (χ1) is 37.6. The van der Waals surface area contributed by atoms with E-state index in [1.807, 2.05) is 0 Å². The molecule has 24 nitrogen and oxygen atoms in total. The van der Waals surface area contributed by atoms with E-state index in [1.165, 1.54) is 35.9 Å². The fraction of sp³-hybridized carbons (Fsp3) is 0.538. The number of carboxylic acids is 1. The number of aliphatic carboxylic acids is 1. The Morgan fingerprint density at radius 3 is 1.56 bits per heavy atom. The molecule has 1 aliphatic heterocycles. The van der Waals surface area contributed by atoms with Crippen molar-refractivity contribution in [2.24, 2.45) is 14.1 Å². The highest BCUT2D eigenvalue weighted by Crippen LogP contribution is 2.31. The van der Waals surface area contributed by atoms with Crippen molar-refractivity contribution in [2.75, 3.05) is 132 Å². The molecule has 5 amide bonds. The molecule has 1 unspecified atom stereocenters. The molecule has 0 aliphatic carbocycles. The van der Waals surface area contributed by atoms with Crippen LogP contribution in [0, 0.1) is 6.92 Å². The van der Waals surface area contributed by atoms with Gasteiger partial charge >= 0.3 is 11.7 Å². The number of rotatable bonds is 41. The predicted molar refractivity (Wildman–Crippen MR) is 284 cm³/mol. The minimum atomic E-state index is -1.35. The molecule has 2 aromatic carbocycles. The number of ether oxygens (including phenoxy) is 9. The number of hydrogen-bond donors (Lipinski definition) is 4. The first-order valence-electron chi connectivity index (χ1n) is 25.3. The van der Waals surface area contributed by atoms with Gasteiger partial charge in [0.25, 0.3) is 23.3 Å². The molecular weight excluding hydrogens is 1070 g/mol. The van der Waals surface area contributed by atoms with Crippen LogP contribution in [-0.2, 0) is 82.4 Å². The van der Waals surface area contributed by atoms with Crippen molar-refractivity contribution in [1.82, 2.24) is 30.0 Å². The second kappa shape index (κ2) is 36.2. The number of aromatic nitrogens is 2. The Morgan fingerprint density at radius 2 is 1.06 bits per heavy atom. The van der Waals surface area contributed by atoms with Gasteiger partial charge in [0.2, 0.25) is 11.8 Å². The maximum Gasteiger partial charge on any atom is 0.330 e. The number of halogens is 2. The van der Waals surface area contributed by atoms with Crippen LogP contribution in [-0.4, -0.2) is 193 Å². The number of carbonyl (C=O) groups excluding carboxylic acids is 5. The van der Waals surface area contributed by atoms with Crippen molar-refractivity contribution in [3.63, 3.8) is 0 Å². The van der Waals surface area contributed by atoms with Crippen molar-refractivity contribution >= 4 is 58.7 Å². The van der Waals surface area contributed by atoms with Crippen LogP contribution in [0.4, 0.5) is 0 Å². The highest BCUT2D eigenvalue weighted by atomic mass is 35.5. The number of nitrogens with one attached hydrogen (secondary N) is 3. The van der Waals surface area contributed by atoms with Crippen LogP contribution < -0.4 is 31.9 Å². The molecule has 4 N–H and O–H groups in total. The molecule has 2 heterocycles. The van der Waals surface area contributed by atoms with E-state index in [-0.39, 0.29) is 72.2 Å². The summed E-state index contributed by atoms with van der Waals surface area (Å²) in [6, 6.07) is 8.01. The van der Waals surface area contributed by atoms with Gasteiger partial charge in [-0.25, -0.2) is 9.59 Å². The van der Waals surface area contributed by atoms with E-state index >= 15 is 0 Å². The Balaban J connectivity index is 0.901. The number of benzene rings is 2. The molecule has 0 saturated heterocycles. The third-order valence-corrected chi connectivity index (χ3v) is 12.1. The molecule has 78 heavy (non-hydrogen) atoms. The first-order valence-corrected chi connectivity index (χ1v) is 26.0. The number of imide groups is 1. The molecular formula is C52H70Cl2N6O18. The van der Waals surface area contributed by atoms with E-state index in [0.717, 1.165) is 9.47 Å². The Bertz CT molecular complexity index is 2530. The van der Waals surface area contributed by atoms with Crippen LogP contribution in [0.2, 0.25) is 10.0 Å². The van der Waals surface area contributed by atoms with Gasteiger partial charge in [-0.3, -0.25) is 38.2 Å². The number of nitrogens with zero attached hydrogens (tertiary/aromatic N) is 3. The molecule has 0 saturated carbocycles. The van der Waals surface area contributed by atoms with Gasteiger partial charge in [0.1, 0.15) is 11.8 Å². The van der Waals surface area contributed by atoms with Gasteiger partial charge in [0.15, 0.2) is 0 Å². The summed E-state index contributed by atoms with van der Waals surface area (Å²) < 4.78 is 51.8. The van der Waals surface area contributed by atoms with Crippen LogP contribution in [0.15, 0.2) is 58.1 Å². The summed E-state index contributed by atoms with van der Waals surface area (Å²) in [5.74, 6) is -3.12. The van der Waals surface area contributed by atoms with Gasteiger partial charge in [0.05, 0.1) is 133 Å². The summed E-state index contributed by atoms with van der Waals surface area (Å²) >= 11 is 12.8. The van der Waals surface area contributed by atoms with Gasteiger partial charge in [-0.15, -0.1) is 0 Å². The van der Waals surface area contributed by atoms with Gasteiger partial charge in [-0.05, 0) is 36.6 Å². The lowest BCUT2D eigenvalue weighted by molar-refractivity contribution is -0.139. The molecule has 1 atom stereocenters. The molecule has 1 aliphatic rings. The summed E-state index contributed by atoms with van der Waals surface area (Å²) in [5, 5.41) is 17.8. The van der Waals surface area contributed by atoms with Crippen molar-refractivity contribution in [3.8, 4) is 16.9 Å². The quantitative estimate of drug-likeness (QED) is 0.0464. The fourth-order valence-corrected chi connectivity index (χ4v) is 7.84. The van der Waals surface area contributed by atoms with Gasteiger partial charge in [0, 0.05) is 70.8 Å². The highest BCUT2D eigenvalue weighted by molar-refractivity contribution is 6.40. The second-order valence-electron chi connectivity index (χ2n) is 17.2. The largest absolute Gasteiger partial charge is 0.493 e. The molecule has 0 spiro atoms. The van der Waals surface area contributed by atoms with E-state index in [4.69, 9.17) is 65.8 Å². The molecule has 430 valence electrons. The Hall–Kier alpha value is -6.06. The Labute approximate surface area is 461 Å². The molecule has 3 aromatic rings. The van der Waals surface area contributed by atoms with Gasteiger partial charge < -0.3 is 68.3 Å². The van der Waals surface area contributed by atoms with Crippen LogP contribution in [0.25, 0.3) is 11.1 Å². The van der Waals surface area contributed by atoms with E-state index in [1.54, 1.807) is 38.2 Å². The number of carboxylic acid groups (broad SMARTS) is 1.